The van der Waals surface area contributed by atoms with Crippen molar-refractivity contribution in [1.29, 1.82) is 0 Å². The molecule has 51 heavy (non-hydrogen) atoms. The van der Waals surface area contributed by atoms with Crippen LogP contribution in [0.4, 0.5) is 0 Å². The molecule has 1 aromatic heterocycles. The summed E-state index contributed by atoms with van der Waals surface area (Å²) in [5.41, 5.74) is 14.7. The molecule has 8 aromatic rings. The Balaban J connectivity index is 1.11. The van der Waals surface area contributed by atoms with Crippen molar-refractivity contribution in [3.8, 4) is 33.4 Å². The van der Waals surface area contributed by atoms with Crippen LogP contribution in [0.2, 0.25) is 0 Å². The minimum atomic E-state index is -0.0399. The van der Waals surface area contributed by atoms with Crippen LogP contribution in [0, 0.1) is 0 Å². The second-order valence-corrected chi connectivity index (χ2v) is 14.7. The largest absolute Gasteiger partial charge is 0.278 e. The summed E-state index contributed by atoms with van der Waals surface area (Å²) in [4.78, 5) is 10.6. The van der Waals surface area contributed by atoms with Gasteiger partial charge in [-0.05, 0) is 92.0 Å². The van der Waals surface area contributed by atoms with Crippen LogP contribution in [0.25, 0.3) is 66.0 Å². The number of aromatic nitrogens is 1. The summed E-state index contributed by atoms with van der Waals surface area (Å²) in [5.74, 6) is 0.742. The average molecular weight is 656 g/mol. The first-order chi connectivity index (χ1) is 24.9. The Morgan fingerprint density at radius 2 is 1.25 bits per heavy atom. The smallest absolute Gasteiger partial charge is 0.230 e. The first kappa shape index (κ1) is 29.8. The maximum Gasteiger partial charge on any atom is 0.230 e. The summed E-state index contributed by atoms with van der Waals surface area (Å²) in [6, 6.07) is 55.4. The van der Waals surface area contributed by atoms with E-state index >= 15 is 0 Å². The van der Waals surface area contributed by atoms with E-state index < -0.39 is 0 Å². The molecule has 7 aromatic carbocycles. The van der Waals surface area contributed by atoms with E-state index in [2.05, 4.69) is 177 Å². The molecule has 1 aliphatic heterocycles. The standard InChI is InChI=1S/C48H37N3/c1-30-26-43(36-16-11-15-33(27-36)34-20-23-39-38-18-9-10-19-41(38)48(2,3)42(39)28-34)50-47(49-30)51-44-25-22-32-14-7-8-17-37(32)46(44)40-24-21-35(29-45(40)51)31-12-5-4-6-13-31/h4-25,27-30H,26H2,1-3H3. The van der Waals surface area contributed by atoms with Gasteiger partial charge in [-0.25, -0.2) is 9.98 Å². The fourth-order valence-corrected chi connectivity index (χ4v) is 8.58. The van der Waals surface area contributed by atoms with Crippen molar-refractivity contribution in [1.82, 2.24) is 4.57 Å². The van der Waals surface area contributed by atoms with E-state index in [1.165, 1.54) is 66.1 Å². The van der Waals surface area contributed by atoms with Crippen LogP contribution in [0.3, 0.4) is 0 Å². The van der Waals surface area contributed by atoms with Gasteiger partial charge in [-0.1, -0.05) is 141 Å². The Hall–Kier alpha value is -6.06. The van der Waals surface area contributed by atoms with Gasteiger partial charge in [0.1, 0.15) is 0 Å². The molecule has 0 fully saturated rings. The number of fused-ring (bicyclic) bond motifs is 8. The molecule has 0 saturated carbocycles. The van der Waals surface area contributed by atoms with Crippen molar-refractivity contribution in [2.45, 2.75) is 38.6 Å². The lowest BCUT2D eigenvalue weighted by molar-refractivity contribution is 0.660. The molecule has 3 heteroatoms. The van der Waals surface area contributed by atoms with Crippen molar-refractivity contribution in [2.24, 2.45) is 9.98 Å². The van der Waals surface area contributed by atoms with Crippen LogP contribution in [-0.2, 0) is 5.41 Å². The van der Waals surface area contributed by atoms with E-state index in [1.807, 2.05) is 0 Å². The minimum Gasteiger partial charge on any atom is -0.278 e. The second kappa shape index (κ2) is 11.2. The molecule has 0 saturated heterocycles. The van der Waals surface area contributed by atoms with Crippen LogP contribution in [0.15, 0.2) is 162 Å². The maximum absolute atomic E-state index is 5.40. The van der Waals surface area contributed by atoms with Crippen molar-refractivity contribution in [3.63, 3.8) is 0 Å². The molecule has 0 radical (unpaired) electrons. The number of aliphatic imine (C=N–C) groups is 2. The van der Waals surface area contributed by atoms with Gasteiger partial charge < -0.3 is 0 Å². The predicted molar refractivity (Wildman–Crippen MR) is 215 cm³/mol. The van der Waals surface area contributed by atoms with Gasteiger partial charge in [-0.15, -0.1) is 0 Å². The Morgan fingerprint density at radius 1 is 0.549 bits per heavy atom. The Labute approximate surface area is 298 Å². The third-order valence-corrected chi connectivity index (χ3v) is 11.1. The molecule has 0 bridgehead atoms. The maximum atomic E-state index is 5.40. The molecular formula is C48H37N3. The highest BCUT2D eigenvalue weighted by atomic mass is 15.2. The highest BCUT2D eigenvalue weighted by Crippen LogP contribution is 2.49. The van der Waals surface area contributed by atoms with E-state index in [9.17, 15) is 0 Å². The van der Waals surface area contributed by atoms with Crippen molar-refractivity contribution >= 4 is 44.2 Å². The zero-order valence-electron chi connectivity index (χ0n) is 29.1. The van der Waals surface area contributed by atoms with Gasteiger partial charge >= 0.3 is 0 Å². The van der Waals surface area contributed by atoms with E-state index in [0.717, 1.165) is 34.7 Å². The summed E-state index contributed by atoms with van der Waals surface area (Å²) in [5, 5.41) is 4.93. The highest BCUT2D eigenvalue weighted by molar-refractivity contribution is 6.25. The van der Waals surface area contributed by atoms with Crippen LogP contribution >= 0.6 is 0 Å². The Morgan fingerprint density at radius 3 is 2.16 bits per heavy atom. The summed E-state index contributed by atoms with van der Waals surface area (Å²) in [6.45, 7) is 6.89. The van der Waals surface area contributed by atoms with Crippen LogP contribution in [0.5, 0.6) is 0 Å². The topological polar surface area (TPSA) is 29.6 Å². The van der Waals surface area contributed by atoms with E-state index in [1.54, 1.807) is 0 Å². The zero-order chi connectivity index (χ0) is 34.3. The molecule has 2 heterocycles. The monoisotopic (exact) mass is 655 g/mol. The third kappa shape index (κ3) is 4.65. The number of benzene rings is 7. The number of hydrogen-bond donors (Lipinski definition) is 0. The van der Waals surface area contributed by atoms with Gasteiger partial charge in [-0.2, -0.15) is 0 Å². The molecule has 0 amide bonds. The summed E-state index contributed by atoms with van der Waals surface area (Å²) in [6.07, 6.45) is 0.787. The molecule has 3 nitrogen and oxygen atoms in total. The highest BCUT2D eigenvalue weighted by Gasteiger charge is 2.35. The summed E-state index contributed by atoms with van der Waals surface area (Å²) < 4.78 is 2.29. The van der Waals surface area contributed by atoms with Crippen molar-refractivity contribution in [2.75, 3.05) is 0 Å². The van der Waals surface area contributed by atoms with Gasteiger partial charge in [0.2, 0.25) is 5.96 Å². The first-order valence-electron chi connectivity index (χ1n) is 18.0. The zero-order valence-corrected chi connectivity index (χ0v) is 29.1. The summed E-state index contributed by atoms with van der Waals surface area (Å²) >= 11 is 0. The second-order valence-electron chi connectivity index (χ2n) is 14.7. The van der Waals surface area contributed by atoms with Crippen molar-refractivity contribution in [3.05, 3.63) is 168 Å². The van der Waals surface area contributed by atoms with Gasteiger partial charge in [0, 0.05) is 22.6 Å². The fourth-order valence-electron chi connectivity index (χ4n) is 8.58. The number of nitrogens with zero attached hydrogens (tertiary/aromatic N) is 3. The molecule has 10 rings (SSSR count). The lowest BCUT2D eigenvalue weighted by Crippen LogP contribution is -2.23. The quantitative estimate of drug-likeness (QED) is 0.181. The lowest BCUT2D eigenvalue weighted by atomic mass is 9.81. The minimum absolute atomic E-state index is 0.0399. The molecule has 0 N–H and O–H groups in total. The van der Waals surface area contributed by atoms with E-state index in [4.69, 9.17) is 9.98 Å². The molecule has 0 spiro atoms. The summed E-state index contributed by atoms with van der Waals surface area (Å²) in [7, 11) is 0. The van der Waals surface area contributed by atoms with Gasteiger partial charge in [0.25, 0.3) is 0 Å². The molecule has 2 aliphatic rings. The van der Waals surface area contributed by atoms with Gasteiger partial charge in [0.15, 0.2) is 0 Å². The van der Waals surface area contributed by atoms with E-state index in [0.29, 0.717) is 0 Å². The van der Waals surface area contributed by atoms with Crippen LogP contribution in [0.1, 0.15) is 43.9 Å². The van der Waals surface area contributed by atoms with E-state index in [-0.39, 0.29) is 11.5 Å². The fraction of sp³-hybridized carbons (Fsp3) is 0.125. The van der Waals surface area contributed by atoms with Crippen LogP contribution < -0.4 is 0 Å². The van der Waals surface area contributed by atoms with Gasteiger partial charge in [-0.3, -0.25) is 4.57 Å². The molecular weight excluding hydrogens is 619 g/mol. The normalized spacial score (nSPS) is 16.3. The Kier molecular flexibility index (Phi) is 6.57. The number of rotatable bonds is 3. The van der Waals surface area contributed by atoms with Crippen LogP contribution in [-0.4, -0.2) is 22.3 Å². The molecule has 244 valence electrons. The van der Waals surface area contributed by atoms with Gasteiger partial charge in [0.05, 0.1) is 22.8 Å². The third-order valence-electron chi connectivity index (χ3n) is 11.1. The Bertz CT molecular complexity index is 2760. The predicted octanol–water partition coefficient (Wildman–Crippen LogP) is 12.1. The van der Waals surface area contributed by atoms with Crippen molar-refractivity contribution < 1.29 is 0 Å². The first-order valence-corrected chi connectivity index (χ1v) is 18.0. The SMILES string of the molecule is CC1CC(c2cccc(-c3ccc4c(c3)C(C)(C)c3ccccc3-4)c2)=NC(n2c3cc(-c4ccccc4)ccc3c3c4ccccc4ccc32)=N1. The lowest BCUT2D eigenvalue weighted by Gasteiger charge is -2.22. The molecule has 1 aliphatic carbocycles. The number of hydrogen-bond acceptors (Lipinski definition) is 2. The molecule has 1 atom stereocenters. The average Bonchev–Trinajstić information content (AvgIpc) is 3.63. The molecule has 1 unspecified atom stereocenters.